The Morgan fingerprint density at radius 3 is 1.97 bits per heavy atom. The van der Waals surface area contributed by atoms with Crippen LogP contribution in [-0.4, -0.2) is 6.61 Å². The van der Waals surface area contributed by atoms with Crippen LogP contribution in [-0.2, 0) is 0 Å². The molecule has 0 saturated heterocycles. The first-order valence-corrected chi connectivity index (χ1v) is 13.8. The van der Waals surface area contributed by atoms with Gasteiger partial charge in [0.15, 0.2) is 11.6 Å². The van der Waals surface area contributed by atoms with Crippen molar-refractivity contribution in [2.24, 2.45) is 23.7 Å². The summed E-state index contributed by atoms with van der Waals surface area (Å²) in [5.74, 6) is 3.02. The van der Waals surface area contributed by atoms with E-state index in [0.717, 1.165) is 23.7 Å². The fourth-order valence-corrected chi connectivity index (χ4v) is 6.68. The number of alkyl halides is 2. The monoisotopic (exact) mass is 486 g/mol. The molecule has 0 amide bonds. The second kappa shape index (κ2) is 11.8. The van der Waals surface area contributed by atoms with Gasteiger partial charge in [-0.2, -0.15) is 0 Å². The lowest BCUT2D eigenvalue weighted by atomic mass is 9.67. The Morgan fingerprint density at radius 1 is 0.829 bits per heavy atom. The normalized spacial score (nSPS) is 26.0. The summed E-state index contributed by atoms with van der Waals surface area (Å²) < 4.78 is 47.3. The van der Waals surface area contributed by atoms with Crippen molar-refractivity contribution < 1.29 is 17.9 Å². The minimum atomic E-state index is -2.90. The maximum absolute atomic E-state index is 14.7. The predicted molar refractivity (Wildman–Crippen MR) is 138 cm³/mol. The maximum Gasteiger partial charge on any atom is 0.267 e. The van der Waals surface area contributed by atoms with Crippen LogP contribution in [0.2, 0.25) is 0 Å². The van der Waals surface area contributed by atoms with Crippen LogP contribution in [0.1, 0.15) is 102 Å². The first-order valence-electron chi connectivity index (χ1n) is 13.8. The molecule has 0 heterocycles. The standard InChI is InChI=1S/C31H41F3O/c1-4-20(3)21-6-8-22(9-7-21)23-10-12-24(13-11-23)25-14-16-26(17-15-25)27-18-19-28(35-5-2)30(32)29(27)31(33)34/h14-24,31H,4-13H2,1-3H3. The van der Waals surface area contributed by atoms with Gasteiger partial charge >= 0.3 is 0 Å². The Balaban J connectivity index is 1.38. The number of ether oxygens (including phenoxy) is 1. The van der Waals surface area contributed by atoms with Crippen LogP contribution in [0.4, 0.5) is 13.2 Å². The summed E-state index contributed by atoms with van der Waals surface area (Å²) in [5, 5.41) is 0. The Kier molecular flexibility index (Phi) is 8.83. The molecule has 2 aromatic rings. The van der Waals surface area contributed by atoms with Crippen molar-refractivity contribution in [2.45, 2.75) is 90.9 Å². The Bertz CT molecular complexity index is 938. The van der Waals surface area contributed by atoms with Gasteiger partial charge in [-0.1, -0.05) is 44.5 Å². The van der Waals surface area contributed by atoms with Gasteiger partial charge in [-0.3, -0.25) is 0 Å². The lowest BCUT2D eigenvalue weighted by Crippen LogP contribution is -2.27. The fourth-order valence-electron chi connectivity index (χ4n) is 6.68. The molecule has 1 unspecified atom stereocenters. The molecule has 0 aliphatic heterocycles. The van der Waals surface area contributed by atoms with E-state index in [9.17, 15) is 13.2 Å². The first-order chi connectivity index (χ1) is 16.9. The molecule has 2 aliphatic carbocycles. The van der Waals surface area contributed by atoms with E-state index in [-0.39, 0.29) is 17.9 Å². The van der Waals surface area contributed by atoms with Gasteiger partial charge in [0.1, 0.15) is 0 Å². The smallest absolute Gasteiger partial charge is 0.267 e. The lowest BCUT2D eigenvalue weighted by Gasteiger charge is -2.39. The molecule has 192 valence electrons. The van der Waals surface area contributed by atoms with Crippen molar-refractivity contribution >= 4 is 0 Å². The highest BCUT2D eigenvalue weighted by Gasteiger charge is 2.32. The highest BCUT2D eigenvalue weighted by molar-refractivity contribution is 5.69. The average molecular weight is 487 g/mol. The van der Waals surface area contributed by atoms with Crippen molar-refractivity contribution in [3.63, 3.8) is 0 Å². The van der Waals surface area contributed by atoms with Crippen molar-refractivity contribution in [3.8, 4) is 16.9 Å². The van der Waals surface area contributed by atoms with E-state index in [1.54, 1.807) is 13.0 Å². The second-order valence-corrected chi connectivity index (χ2v) is 10.9. The average Bonchev–Trinajstić information content (AvgIpc) is 2.89. The molecule has 0 N–H and O–H groups in total. The van der Waals surface area contributed by atoms with Crippen molar-refractivity contribution in [1.29, 1.82) is 0 Å². The third-order valence-electron chi connectivity index (χ3n) is 9.06. The van der Waals surface area contributed by atoms with Crippen LogP contribution in [0, 0.1) is 29.5 Å². The van der Waals surface area contributed by atoms with E-state index in [1.165, 1.54) is 69.4 Å². The highest BCUT2D eigenvalue weighted by Crippen LogP contribution is 2.45. The van der Waals surface area contributed by atoms with E-state index < -0.39 is 17.8 Å². The zero-order chi connectivity index (χ0) is 24.9. The van der Waals surface area contributed by atoms with Crippen LogP contribution in [0.3, 0.4) is 0 Å². The van der Waals surface area contributed by atoms with Gasteiger partial charge in [0, 0.05) is 0 Å². The van der Waals surface area contributed by atoms with Gasteiger partial charge in [-0.15, -0.1) is 0 Å². The van der Waals surface area contributed by atoms with Gasteiger partial charge in [-0.05, 0) is 117 Å². The molecule has 4 heteroatoms. The second-order valence-electron chi connectivity index (χ2n) is 10.9. The molecule has 0 radical (unpaired) electrons. The number of hydrogen-bond acceptors (Lipinski definition) is 1. The largest absolute Gasteiger partial charge is 0.491 e. The van der Waals surface area contributed by atoms with Crippen molar-refractivity contribution in [3.05, 3.63) is 53.3 Å². The molecule has 0 bridgehead atoms. The molecular formula is C31H41F3O. The molecule has 2 saturated carbocycles. The third-order valence-corrected chi connectivity index (χ3v) is 9.06. The van der Waals surface area contributed by atoms with Gasteiger partial charge in [0.05, 0.1) is 12.2 Å². The molecule has 2 aromatic carbocycles. The molecule has 1 nitrogen and oxygen atoms in total. The minimum Gasteiger partial charge on any atom is -0.491 e. The maximum atomic E-state index is 14.7. The third kappa shape index (κ3) is 5.89. The van der Waals surface area contributed by atoms with E-state index in [4.69, 9.17) is 4.74 Å². The molecular weight excluding hydrogens is 445 g/mol. The predicted octanol–water partition coefficient (Wildman–Crippen LogP) is 9.96. The van der Waals surface area contributed by atoms with E-state index in [1.807, 2.05) is 12.1 Å². The summed E-state index contributed by atoms with van der Waals surface area (Å²) >= 11 is 0. The van der Waals surface area contributed by atoms with Crippen LogP contribution in [0.15, 0.2) is 36.4 Å². The molecule has 2 fully saturated rings. The van der Waals surface area contributed by atoms with Crippen molar-refractivity contribution in [2.75, 3.05) is 6.61 Å². The molecule has 4 rings (SSSR count). The summed E-state index contributed by atoms with van der Waals surface area (Å²) in [6, 6.07) is 10.9. The quantitative estimate of drug-likeness (QED) is 0.361. The van der Waals surface area contributed by atoms with Gasteiger partial charge in [-0.25, -0.2) is 13.2 Å². The number of benzene rings is 2. The minimum absolute atomic E-state index is 0.117. The summed E-state index contributed by atoms with van der Waals surface area (Å²) in [5.41, 5.74) is 1.56. The molecule has 35 heavy (non-hydrogen) atoms. The van der Waals surface area contributed by atoms with Gasteiger partial charge in [0.25, 0.3) is 6.43 Å². The zero-order valence-electron chi connectivity index (χ0n) is 21.5. The van der Waals surface area contributed by atoms with Crippen LogP contribution >= 0.6 is 0 Å². The fraction of sp³-hybridized carbons (Fsp3) is 0.613. The molecule has 1 atom stereocenters. The van der Waals surface area contributed by atoms with Crippen LogP contribution in [0.25, 0.3) is 11.1 Å². The molecule has 0 spiro atoms. The van der Waals surface area contributed by atoms with Crippen LogP contribution < -0.4 is 4.74 Å². The first kappa shape index (κ1) is 26.1. The number of rotatable bonds is 8. The Morgan fingerprint density at radius 2 is 1.43 bits per heavy atom. The van der Waals surface area contributed by atoms with Gasteiger partial charge in [0.2, 0.25) is 0 Å². The Hall–Kier alpha value is -1.97. The Labute approximate surface area is 209 Å². The molecule has 0 aromatic heterocycles. The van der Waals surface area contributed by atoms with E-state index >= 15 is 0 Å². The summed E-state index contributed by atoms with van der Waals surface area (Å²) in [6.07, 6.45) is 9.03. The summed E-state index contributed by atoms with van der Waals surface area (Å²) in [7, 11) is 0. The number of hydrogen-bond donors (Lipinski definition) is 0. The lowest BCUT2D eigenvalue weighted by molar-refractivity contribution is 0.137. The SMILES string of the molecule is CCOc1ccc(-c2ccc(C3CCC(C4CCC(C(C)CC)CC4)CC3)cc2)c(C(F)F)c1F. The van der Waals surface area contributed by atoms with E-state index in [2.05, 4.69) is 26.0 Å². The summed E-state index contributed by atoms with van der Waals surface area (Å²) in [6.45, 7) is 6.68. The number of halogens is 3. The van der Waals surface area contributed by atoms with Gasteiger partial charge < -0.3 is 4.74 Å². The highest BCUT2D eigenvalue weighted by atomic mass is 19.3. The van der Waals surface area contributed by atoms with E-state index in [0.29, 0.717) is 11.5 Å². The zero-order valence-corrected chi connectivity index (χ0v) is 21.5. The summed E-state index contributed by atoms with van der Waals surface area (Å²) in [4.78, 5) is 0. The topological polar surface area (TPSA) is 9.23 Å². The van der Waals surface area contributed by atoms with Crippen LogP contribution in [0.5, 0.6) is 5.75 Å². The van der Waals surface area contributed by atoms with Crippen molar-refractivity contribution in [1.82, 2.24) is 0 Å². The molecule has 2 aliphatic rings.